The highest BCUT2D eigenvalue weighted by Gasteiger charge is 2.13. The van der Waals surface area contributed by atoms with Crippen LogP contribution in [0.1, 0.15) is 27.0 Å². The van der Waals surface area contributed by atoms with Gasteiger partial charge >= 0.3 is 0 Å². The lowest BCUT2D eigenvalue weighted by molar-refractivity contribution is 0.102. The van der Waals surface area contributed by atoms with Crippen LogP contribution in [-0.2, 0) is 0 Å². The van der Waals surface area contributed by atoms with E-state index in [-0.39, 0.29) is 16.2 Å². The number of aromatic amines is 1. The van der Waals surface area contributed by atoms with Gasteiger partial charge in [0.1, 0.15) is 5.82 Å². The van der Waals surface area contributed by atoms with Crippen molar-refractivity contribution in [3.8, 4) is 5.69 Å². The summed E-state index contributed by atoms with van der Waals surface area (Å²) >= 11 is 5.48. The molecule has 4 rings (SSSR count). The molecular formula is C23H20N4O2S. The highest BCUT2D eigenvalue weighted by molar-refractivity contribution is 7.71. The van der Waals surface area contributed by atoms with Gasteiger partial charge in [0.05, 0.1) is 16.6 Å². The smallest absolute Gasteiger partial charge is 0.266 e. The van der Waals surface area contributed by atoms with E-state index >= 15 is 0 Å². The van der Waals surface area contributed by atoms with E-state index in [1.54, 1.807) is 30.5 Å². The molecule has 0 unspecified atom stereocenters. The minimum absolute atomic E-state index is 0.227. The molecule has 150 valence electrons. The zero-order valence-corrected chi connectivity index (χ0v) is 17.6. The Hall–Kier alpha value is -3.58. The molecule has 4 aromatic rings. The van der Waals surface area contributed by atoms with E-state index in [0.717, 1.165) is 22.4 Å². The molecule has 6 nitrogen and oxygen atoms in total. The van der Waals surface area contributed by atoms with Crippen molar-refractivity contribution < 1.29 is 4.79 Å². The van der Waals surface area contributed by atoms with Gasteiger partial charge < -0.3 is 10.3 Å². The van der Waals surface area contributed by atoms with Gasteiger partial charge in [-0.2, -0.15) is 0 Å². The molecule has 0 spiro atoms. The Morgan fingerprint density at radius 3 is 2.67 bits per heavy atom. The average Bonchev–Trinajstić information content (AvgIpc) is 2.70. The number of anilines is 1. The lowest BCUT2D eigenvalue weighted by Gasteiger charge is -2.13. The number of hydrogen-bond donors (Lipinski definition) is 2. The zero-order valence-electron chi connectivity index (χ0n) is 16.8. The van der Waals surface area contributed by atoms with E-state index in [9.17, 15) is 9.59 Å². The van der Waals surface area contributed by atoms with Gasteiger partial charge in [-0.1, -0.05) is 12.1 Å². The van der Waals surface area contributed by atoms with Crippen LogP contribution >= 0.6 is 12.2 Å². The lowest BCUT2D eigenvalue weighted by Crippen LogP contribution is -2.22. The molecule has 0 saturated heterocycles. The minimum atomic E-state index is -0.312. The van der Waals surface area contributed by atoms with Crippen LogP contribution in [0.25, 0.3) is 16.6 Å². The molecule has 30 heavy (non-hydrogen) atoms. The number of aromatic nitrogens is 3. The molecule has 0 fully saturated rings. The predicted molar refractivity (Wildman–Crippen MR) is 121 cm³/mol. The number of carbonyl (C=O) groups excluding carboxylic acids is 1. The SMILES string of the molecule is Cc1ccnc(NC(=O)c2ccc3c(=O)n(-c4cccc(C)c4C)c(=S)[nH]c3c2)c1. The Balaban J connectivity index is 1.78. The summed E-state index contributed by atoms with van der Waals surface area (Å²) < 4.78 is 1.77. The monoisotopic (exact) mass is 416 g/mol. The standard InChI is InChI=1S/C23H20N4O2S/c1-13-9-10-24-20(11-13)26-21(28)16-7-8-17-18(12-16)25-23(30)27(22(17)29)19-6-4-5-14(2)15(19)3/h4-12H,1-3H3,(H,25,30)(H,24,26,28). The highest BCUT2D eigenvalue weighted by Crippen LogP contribution is 2.19. The van der Waals surface area contributed by atoms with E-state index in [1.807, 2.05) is 45.0 Å². The van der Waals surface area contributed by atoms with E-state index < -0.39 is 0 Å². The summed E-state index contributed by atoms with van der Waals surface area (Å²) in [5.41, 5.74) is 4.49. The van der Waals surface area contributed by atoms with Crippen LogP contribution in [-0.4, -0.2) is 20.4 Å². The molecule has 1 amide bonds. The van der Waals surface area contributed by atoms with Crippen molar-refractivity contribution >= 4 is 34.8 Å². The van der Waals surface area contributed by atoms with Crippen LogP contribution in [0.4, 0.5) is 5.82 Å². The summed E-state index contributed by atoms with van der Waals surface area (Å²) in [6.45, 7) is 5.88. The average molecular weight is 417 g/mol. The quantitative estimate of drug-likeness (QED) is 0.478. The Morgan fingerprint density at radius 1 is 1.10 bits per heavy atom. The van der Waals surface area contributed by atoms with Crippen molar-refractivity contribution in [2.45, 2.75) is 20.8 Å². The summed E-state index contributed by atoms with van der Waals surface area (Å²) in [6, 6.07) is 14.3. The number of rotatable bonds is 3. The number of H-pyrrole nitrogens is 1. The number of pyridine rings is 1. The maximum absolute atomic E-state index is 13.2. The second-order valence-electron chi connectivity index (χ2n) is 7.22. The van der Waals surface area contributed by atoms with Crippen molar-refractivity contribution in [3.63, 3.8) is 0 Å². The van der Waals surface area contributed by atoms with Crippen LogP contribution < -0.4 is 10.9 Å². The van der Waals surface area contributed by atoms with Gasteiger partial charge in [0.25, 0.3) is 11.5 Å². The zero-order chi connectivity index (χ0) is 21.4. The second kappa shape index (κ2) is 7.68. The lowest BCUT2D eigenvalue weighted by atomic mass is 10.1. The van der Waals surface area contributed by atoms with Gasteiger partial charge in [0.2, 0.25) is 0 Å². The van der Waals surface area contributed by atoms with Gasteiger partial charge in [0, 0.05) is 11.8 Å². The first-order chi connectivity index (χ1) is 14.3. The normalized spacial score (nSPS) is 10.9. The Labute approximate surface area is 178 Å². The van der Waals surface area contributed by atoms with E-state index in [0.29, 0.717) is 22.3 Å². The van der Waals surface area contributed by atoms with E-state index in [1.165, 1.54) is 4.57 Å². The number of nitrogens with zero attached hydrogens (tertiary/aromatic N) is 2. The number of aryl methyl sites for hydroxylation is 2. The molecule has 0 saturated carbocycles. The first kappa shape index (κ1) is 19.7. The van der Waals surface area contributed by atoms with Crippen molar-refractivity contribution in [2.24, 2.45) is 0 Å². The third-order valence-electron chi connectivity index (χ3n) is 5.13. The molecule has 0 aliphatic heterocycles. The molecule has 2 heterocycles. The number of nitrogens with one attached hydrogen (secondary N) is 2. The third-order valence-corrected chi connectivity index (χ3v) is 5.42. The summed E-state index contributed by atoms with van der Waals surface area (Å²) in [5.74, 6) is 0.159. The summed E-state index contributed by atoms with van der Waals surface area (Å²) in [4.78, 5) is 33.1. The first-order valence-electron chi connectivity index (χ1n) is 9.45. The Kier molecular flexibility index (Phi) is 5.05. The molecule has 2 N–H and O–H groups in total. The number of fused-ring (bicyclic) bond motifs is 1. The topological polar surface area (TPSA) is 79.8 Å². The van der Waals surface area contributed by atoms with Gasteiger partial charge in [-0.05, 0) is 86.1 Å². The molecule has 0 bridgehead atoms. The highest BCUT2D eigenvalue weighted by atomic mass is 32.1. The predicted octanol–water partition coefficient (Wildman–Crippen LogP) is 4.62. The number of amides is 1. The van der Waals surface area contributed by atoms with Gasteiger partial charge in [-0.15, -0.1) is 0 Å². The molecule has 2 aromatic carbocycles. The third kappa shape index (κ3) is 3.55. The molecule has 2 aromatic heterocycles. The van der Waals surface area contributed by atoms with Crippen molar-refractivity contribution in [1.82, 2.24) is 14.5 Å². The summed E-state index contributed by atoms with van der Waals surface area (Å²) in [5, 5.41) is 3.22. The fourth-order valence-corrected chi connectivity index (χ4v) is 3.64. The number of benzene rings is 2. The van der Waals surface area contributed by atoms with Crippen LogP contribution in [0.2, 0.25) is 0 Å². The van der Waals surface area contributed by atoms with Crippen molar-refractivity contribution in [2.75, 3.05) is 5.32 Å². The Morgan fingerprint density at radius 2 is 1.90 bits per heavy atom. The largest absolute Gasteiger partial charge is 0.331 e. The minimum Gasteiger partial charge on any atom is -0.331 e. The maximum atomic E-state index is 13.2. The summed E-state index contributed by atoms with van der Waals surface area (Å²) in [7, 11) is 0. The molecular weight excluding hydrogens is 396 g/mol. The van der Waals surface area contributed by atoms with Gasteiger partial charge in [-0.25, -0.2) is 4.98 Å². The van der Waals surface area contributed by atoms with Crippen LogP contribution in [0.15, 0.2) is 59.5 Å². The van der Waals surface area contributed by atoms with E-state index in [4.69, 9.17) is 12.2 Å². The van der Waals surface area contributed by atoms with Crippen LogP contribution in [0.5, 0.6) is 0 Å². The molecule has 0 atom stereocenters. The number of carbonyl (C=O) groups is 1. The van der Waals surface area contributed by atoms with Gasteiger partial charge in [0.15, 0.2) is 4.77 Å². The van der Waals surface area contributed by atoms with E-state index in [2.05, 4.69) is 15.3 Å². The fraction of sp³-hybridized carbons (Fsp3) is 0.130. The van der Waals surface area contributed by atoms with Crippen LogP contribution in [0, 0.1) is 25.5 Å². The second-order valence-corrected chi connectivity index (χ2v) is 7.61. The molecule has 0 radical (unpaired) electrons. The van der Waals surface area contributed by atoms with Crippen molar-refractivity contribution in [3.05, 3.63) is 92.1 Å². The van der Waals surface area contributed by atoms with Gasteiger partial charge in [-0.3, -0.25) is 14.2 Å². The Bertz CT molecular complexity index is 1420. The number of hydrogen-bond acceptors (Lipinski definition) is 4. The fourth-order valence-electron chi connectivity index (χ4n) is 3.35. The maximum Gasteiger partial charge on any atom is 0.266 e. The molecule has 0 aliphatic rings. The molecule has 0 aliphatic carbocycles. The van der Waals surface area contributed by atoms with Crippen LogP contribution in [0.3, 0.4) is 0 Å². The molecule has 7 heteroatoms. The van der Waals surface area contributed by atoms with Crippen molar-refractivity contribution in [1.29, 1.82) is 0 Å². The summed E-state index contributed by atoms with van der Waals surface area (Å²) in [6.07, 6.45) is 1.64. The first-order valence-corrected chi connectivity index (χ1v) is 9.85.